The van der Waals surface area contributed by atoms with E-state index < -0.39 is 5.60 Å². The fourth-order valence-electron chi connectivity index (χ4n) is 2.82. The lowest BCUT2D eigenvalue weighted by molar-refractivity contribution is -0.123. The predicted octanol–water partition coefficient (Wildman–Crippen LogP) is 0.679. The number of carbonyl (C=O) groups is 1. The van der Waals surface area contributed by atoms with Crippen LogP contribution in [0.2, 0.25) is 0 Å². The van der Waals surface area contributed by atoms with Crippen LogP contribution in [0.25, 0.3) is 0 Å². The first-order chi connectivity index (χ1) is 9.58. The molecule has 0 radical (unpaired) electrons. The minimum Gasteiger partial charge on any atom is -0.385 e. The van der Waals surface area contributed by atoms with Crippen molar-refractivity contribution in [1.29, 1.82) is 0 Å². The van der Waals surface area contributed by atoms with Gasteiger partial charge in [-0.1, -0.05) is 18.2 Å². The van der Waals surface area contributed by atoms with Gasteiger partial charge in [0.05, 0.1) is 6.10 Å². The second kappa shape index (κ2) is 5.07. The van der Waals surface area contributed by atoms with Gasteiger partial charge in [-0.2, -0.15) is 0 Å². The lowest BCUT2D eigenvalue weighted by Crippen LogP contribution is -2.50. The summed E-state index contributed by atoms with van der Waals surface area (Å²) in [5, 5.41) is 16.4. The highest BCUT2D eigenvalue weighted by molar-refractivity contribution is 5.87. The number of rotatable bonds is 3. The van der Waals surface area contributed by atoms with E-state index in [0.717, 1.165) is 11.3 Å². The standard InChI is InChI=1S/C15H20N2O3/c1-10-15(19,6-7-20-10)9-16-14(18)13-8-11-4-2-3-5-12(11)17-13/h2-5,10,13,17,19H,6-9H2,1H3,(H,16,18). The van der Waals surface area contributed by atoms with Gasteiger partial charge in [-0.05, 0) is 18.6 Å². The third-order valence-corrected chi connectivity index (χ3v) is 4.32. The lowest BCUT2D eigenvalue weighted by atomic mass is 9.96. The minimum atomic E-state index is -0.943. The van der Waals surface area contributed by atoms with Crippen molar-refractivity contribution in [1.82, 2.24) is 5.32 Å². The molecule has 0 aliphatic carbocycles. The average molecular weight is 276 g/mol. The number of fused-ring (bicyclic) bond motifs is 1. The summed E-state index contributed by atoms with van der Waals surface area (Å²) in [6, 6.07) is 7.67. The Bertz CT molecular complexity index is 495. The van der Waals surface area contributed by atoms with Crippen LogP contribution < -0.4 is 10.6 Å². The molecule has 0 aromatic heterocycles. The van der Waals surface area contributed by atoms with Gasteiger partial charge >= 0.3 is 0 Å². The molecule has 3 unspecified atom stereocenters. The molecule has 3 atom stereocenters. The first-order valence-electron chi connectivity index (χ1n) is 7.05. The second-order valence-corrected chi connectivity index (χ2v) is 5.64. The van der Waals surface area contributed by atoms with Gasteiger partial charge in [-0.25, -0.2) is 0 Å². The molecular formula is C15H20N2O3. The molecule has 1 aromatic carbocycles. The Morgan fingerprint density at radius 1 is 1.55 bits per heavy atom. The number of ether oxygens (including phenoxy) is 1. The normalized spacial score (nSPS) is 31.7. The maximum absolute atomic E-state index is 12.2. The van der Waals surface area contributed by atoms with E-state index >= 15 is 0 Å². The van der Waals surface area contributed by atoms with Crippen LogP contribution in [0.15, 0.2) is 24.3 Å². The van der Waals surface area contributed by atoms with E-state index in [4.69, 9.17) is 4.74 Å². The summed E-state index contributed by atoms with van der Waals surface area (Å²) < 4.78 is 5.36. The zero-order valence-electron chi connectivity index (χ0n) is 11.6. The third-order valence-electron chi connectivity index (χ3n) is 4.32. The van der Waals surface area contributed by atoms with E-state index in [0.29, 0.717) is 19.4 Å². The number of benzene rings is 1. The summed E-state index contributed by atoms with van der Waals surface area (Å²) in [6.07, 6.45) is 1.01. The third kappa shape index (κ3) is 2.39. The molecule has 20 heavy (non-hydrogen) atoms. The van der Waals surface area contributed by atoms with Crippen LogP contribution in [0.5, 0.6) is 0 Å². The Hall–Kier alpha value is -1.59. The van der Waals surface area contributed by atoms with Gasteiger partial charge in [-0.15, -0.1) is 0 Å². The Kier molecular flexibility index (Phi) is 3.40. The Balaban J connectivity index is 1.56. The molecule has 2 aliphatic heterocycles. The van der Waals surface area contributed by atoms with Gasteiger partial charge in [-0.3, -0.25) is 4.79 Å². The van der Waals surface area contributed by atoms with Gasteiger partial charge in [0.2, 0.25) is 5.91 Å². The molecule has 0 bridgehead atoms. The van der Waals surface area contributed by atoms with Gasteiger partial charge in [0.15, 0.2) is 0 Å². The predicted molar refractivity (Wildman–Crippen MR) is 75.5 cm³/mol. The van der Waals surface area contributed by atoms with E-state index in [1.807, 2.05) is 31.2 Å². The van der Waals surface area contributed by atoms with Crippen LogP contribution in [-0.4, -0.2) is 41.9 Å². The molecule has 108 valence electrons. The van der Waals surface area contributed by atoms with Crippen molar-refractivity contribution in [3.63, 3.8) is 0 Å². The zero-order chi connectivity index (χ0) is 14.2. The first kappa shape index (κ1) is 13.4. The molecule has 5 heteroatoms. The number of aliphatic hydroxyl groups is 1. The van der Waals surface area contributed by atoms with Crippen molar-refractivity contribution in [3.8, 4) is 0 Å². The maximum Gasteiger partial charge on any atom is 0.242 e. The van der Waals surface area contributed by atoms with Crippen LogP contribution in [0.4, 0.5) is 5.69 Å². The Morgan fingerprint density at radius 3 is 3.05 bits per heavy atom. The van der Waals surface area contributed by atoms with Crippen molar-refractivity contribution in [2.75, 3.05) is 18.5 Å². The molecule has 1 amide bonds. The highest BCUT2D eigenvalue weighted by atomic mass is 16.5. The topological polar surface area (TPSA) is 70.6 Å². The molecule has 2 heterocycles. The fraction of sp³-hybridized carbons (Fsp3) is 0.533. The summed E-state index contributed by atoms with van der Waals surface area (Å²) in [5.74, 6) is -0.0753. The molecule has 5 nitrogen and oxygen atoms in total. The maximum atomic E-state index is 12.2. The molecule has 0 saturated carbocycles. The quantitative estimate of drug-likeness (QED) is 0.759. The zero-order valence-corrected chi connectivity index (χ0v) is 11.6. The molecule has 1 fully saturated rings. The summed E-state index contributed by atoms with van der Waals surface area (Å²) in [4.78, 5) is 12.2. The molecule has 2 aliphatic rings. The SMILES string of the molecule is CC1OCCC1(O)CNC(=O)C1Cc2ccccc2N1. The number of para-hydroxylation sites is 1. The van der Waals surface area contributed by atoms with Crippen LogP contribution >= 0.6 is 0 Å². The first-order valence-corrected chi connectivity index (χ1v) is 7.05. The summed E-state index contributed by atoms with van der Waals surface area (Å²) in [6.45, 7) is 2.62. The summed E-state index contributed by atoms with van der Waals surface area (Å²) >= 11 is 0. The van der Waals surface area contributed by atoms with Crippen LogP contribution in [0.1, 0.15) is 18.9 Å². The lowest BCUT2D eigenvalue weighted by Gasteiger charge is -2.26. The van der Waals surface area contributed by atoms with Gasteiger partial charge in [0, 0.05) is 31.7 Å². The molecule has 3 rings (SSSR count). The Labute approximate surface area is 118 Å². The van der Waals surface area contributed by atoms with E-state index in [2.05, 4.69) is 10.6 Å². The fourth-order valence-corrected chi connectivity index (χ4v) is 2.82. The molecule has 1 saturated heterocycles. The second-order valence-electron chi connectivity index (χ2n) is 5.64. The smallest absolute Gasteiger partial charge is 0.242 e. The van der Waals surface area contributed by atoms with E-state index in [1.165, 1.54) is 0 Å². The van der Waals surface area contributed by atoms with Crippen LogP contribution in [0.3, 0.4) is 0 Å². The average Bonchev–Trinajstić information content (AvgIpc) is 3.01. The molecular weight excluding hydrogens is 256 g/mol. The van der Waals surface area contributed by atoms with Crippen molar-refractivity contribution >= 4 is 11.6 Å². The summed E-state index contributed by atoms with van der Waals surface area (Å²) in [7, 11) is 0. The van der Waals surface area contributed by atoms with Crippen molar-refractivity contribution in [2.24, 2.45) is 0 Å². The van der Waals surface area contributed by atoms with Gasteiger partial charge in [0.25, 0.3) is 0 Å². The number of anilines is 1. The Morgan fingerprint density at radius 2 is 2.35 bits per heavy atom. The van der Waals surface area contributed by atoms with Crippen molar-refractivity contribution in [3.05, 3.63) is 29.8 Å². The van der Waals surface area contributed by atoms with Gasteiger partial charge in [0.1, 0.15) is 11.6 Å². The number of nitrogens with one attached hydrogen (secondary N) is 2. The van der Waals surface area contributed by atoms with Crippen LogP contribution in [-0.2, 0) is 16.0 Å². The monoisotopic (exact) mass is 276 g/mol. The largest absolute Gasteiger partial charge is 0.385 e. The van der Waals surface area contributed by atoms with E-state index in [1.54, 1.807) is 0 Å². The minimum absolute atomic E-state index is 0.0753. The molecule has 0 spiro atoms. The van der Waals surface area contributed by atoms with Crippen LogP contribution in [0, 0.1) is 0 Å². The van der Waals surface area contributed by atoms with Crippen molar-refractivity contribution < 1.29 is 14.6 Å². The molecule has 1 aromatic rings. The highest BCUT2D eigenvalue weighted by Gasteiger charge is 2.40. The van der Waals surface area contributed by atoms with E-state index in [9.17, 15) is 9.90 Å². The molecule has 3 N–H and O–H groups in total. The summed E-state index contributed by atoms with van der Waals surface area (Å²) in [5.41, 5.74) is 1.23. The van der Waals surface area contributed by atoms with E-state index in [-0.39, 0.29) is 24.6 Å². The number of amides is 1. The van der Waals surface area contributed by atoms with Gasteiger partial charge < -0.3 is 20.5 Å². The number of hydrogen-bond donors (Lipinski definition) is 3. The highest BCUT2D eigenvalue weighted by Crippen LogP contribution is 2.26. The number of carbonyl (C=O) groups excluding carboxylic acids is 1. The van der Waals surface area contributed by atoms with Crippen molar-refractivity contribution in [2.45, 2.75) is 37.5 Å². The number of hydrogen-bond acceptors (Lipinski definition) is 4.